The van der Waals surface area contributed by atoms with Gasteiger partial charge in [-0.1, -0.05) is 30.3 Å². The summed E-state index contributed by atoms with van der Waals surface area (Å²) in [5, 5.41) is 2.99. The van der Waals surface area contributed by atoms with Crippen LogP contribution in [0.5, 0.6) is 0 Å². The van der Waals surface area contributed by atoms with Gasteiger partial charge in [0.15, 0.2) is 0 Å². The third-order valence-electron chi connectivity index (χ3n) is 5.76. The van der Waals surface area contributed by atoms with Crippen LogP contribution in [0, 0.1) is 0 Å². The highest BCUT2D eigenvalue weighted by Crippen LogP contribution is 2.21. The Labute approximate surface area is 184 Å². The molecule has 5 nitrogen and oxygen atoms in total. The Balaban J connectivity index is 1.30. The summed E-state index contributed by atoms with van der Waals surface area (Å²) in [5.41, 5.74) is 5.11. The van der Waals surface area contributed by atoms with E-state index in [0.29, 0.717) is 5.56 Å². The first-order valence-corrected chi connectivity index (χ1v) is 10.8. The maximum Gasteiger partial charge on any atom is 0.255 e. The fourth-order valence-corrected chi connectivity index (χ4v) is 3.88. The molecule has 0 spiro atoms. The van der Waals surface area contributed by atoms with Gasteiger partial charge in [-0.2, -0.15) is 0 Å². The summed E-state index contributed by atoms with van der Waals surface area (Å²) in [6.07, 6.45) is 0. The van der Waals surface area contributed by atoms with Crippen LogP contribution >= 0.6 is 0 Å². The van der Waals surface area contributed by atoms with Crippen molar-refractivity contribution in [3.8, 4) is 0 Å². The molecular weight excluding hydrogens is 384 g/mol. The number of nitrogens with zero attached hydrogens (tertiary/aromatic N) is 3. The Morgan fingerprint density at radius 3 is 2.10 bits per heavy atom. The van der Waals surface area contributed by atoms with E-state index in [9.17, 15) is 4.79 Å². The van der Waals surface area contributed by atoms with Crippen LogP contribution in [0.1, 0.15) is 15.9 Å². The second-order valence-electron chi connectivity index (χ2n) is 8.19. The molecule has 0 radical (unpaired) electrons. The van der Waals surface area contributed by atoms with Crippen molar-refractivity contribution in [1.82, 2.24) is 4.90 Å². The molecule has 4 rings (SSSR count). The van der Waals surface area contributed by atoms with Crippen molar-refractivity contribution in [2.45, 2.75) is 6.54 Å². The van der Waals surface area contributed by atoms with Gasteiger partial charge in [0.25, 0.3) is 5.91 Å². The lowest BCUT2D eigenvalue weighted by atomic mass is 10.1. The van der Waals surface area contributed by atoms with E-state index in [1.54, 1.807) is 0 Å². The molecule has 0 bridgehead atoms. The van der Waals surface area contributed by atoms with Crippen molar-refractivity contribution in [2.24, 2.45) is 0 Å². The number of amides is 1. The molecule has 1 fully saturated rings. The first-order chi connectivity index (χ1) is 15.1. The molecule has 1 aliphatic heterocycles. The molecule has 0 aliphatic carbocycles. The first-order valence-electron chi connectivity index (χ1n) is 10.8. The lowest BCUT2D eigenvalue weighted by Crippen LogP contribution is -2.45. The van der Waals surface area contributed by atoms with Crippen LogP contribution in [0.2, 0.25) is 0 Å². The molecule has 1 N–H and O–H groups in total. The van der Waals surface area contributed by atoms with E-state index < -0.39 is 0 Å². The molecule has 0 saturated carbocycles. The van der Waals surface area contributed by atoms with Gasteiger partial charge in [0, 0.05) is 69.4 Å². The lowest BCUT2D eigenvalue weighted by molar-refractivity contribution is 0.102. The molecule has 3 aromatic rings. The number of benzene rings is 3. The summed E-state index contributed by atoms with van der Waals surface area (Å²) in [7, 11) is 3.97. The second-order valence-corrected chi connectivity index (χ2v) is 8.19. The Bertz CT molecular complexity index is 976. The molecule has 1 aliphatic rings. The largest absolute Gasteiger partial charge is 0.378 e. The normalized spacial score (nSPS) is 14.3. The van der Waals surface area contributed by atoms with Crippen molar-refractivity contribution < 1.29 is 4.79 Å². The van der Waals surface area contributed by atoms with Crippen LogP contribution in [0.25, 0.3) is 0 Å². The molecule has 5 heteroatoms. The summed E-state index contributed by atoms with van der Waals surface area (Å²) in [6, 6.07) is 26.4. The molecule has 1 saturated heterocycles. The van der Waals surface area contributed by atoms with Crippen molar-refractivity contribution in [3.05, 3.63) is 90.0 Å². The van der Waals surface area contributed by atoms with E-state index in [-0.39, 0.29) is 5.91 Å². The van der Waals surface area contributed by atoms with Crippen LogP contribution in [0.15, 0.2) is 78.9 Å². The van der Waals surface area contributed by atoms with E-state index in [0.717, 1.165) is 44.1 Å². The van der Waals surface area contributed by atoms with Gasteiger partial charge in [-0.3, -0.25) is 9.69 Å². The zero-order chi connectivity index (χ0) is 21.6. The Morgan fingerprint density at radius 1 is 0.839 bits per heavy atom. The van der Waals surface area contributed by atoms with Gasteiger partial charge in [-0.05, 0) is 54.1 Å². The number of piperazine rings is 1. The van der Waals surface area contributed by atoms with Crippen molar-refractivity contribution >= 4 is 23.0 Å². The SMILES string of the molecule is CN(C)c1ccc(C(=O)Nc2ccc(N3CCN(Cc4ccccc4)CC3)cc2)cc1. The summed E-state index contributed by atoms with van der Waals surface area (Å²) in [6.45, 7) is 5.13. The standard InChI is InChI=1S/C26H30N4O/c1-28(2)24-12-8-22(9-13-24)26(31)27-23-10-14-25(15-11-23)30-18-16-29(17-19-30)20-21-6-4-3-5-7-21/h3-15H,16-20H2,1-2H3,(H,27,31). The average Bonchev–Trinajstić information content (AvgIpc) is 2.81. The zero-order valence-electron chi connectivity index (χ0n) is 18.3. The first kappa shape index (κ1) is 20.9. The molecule has 1 amide bonds. The Morgan fingerprint density at radius 2 is 1.48 bits per heavy atom. The van der Waals surface area contributed by atoms with E-state index in [4.69, 9.17) is 0 Å². The number of hydrogen-bond acceptors (Lipinski definition) is 4. The summed E-state index contributed by atoms with van der Waals surface area (Å²) in [4.78, 5) is 19.5. The minimum atomic E-state index is -0.0902. The monoisotopic (exact) mass is 414 g/mol. The minimum Gasteiger partial charge on any atom is -0.378 e. The summed E-state index contributed by atoms with van der Waals surface area (Å²) >= 11 is 0. The third kappa shape index (κ3) is 5.44. The van der Waals surface area contributed by atoms with E-state index in [1.807, 2.05) is 55.4 Å². The molecule has 3 aromatic carbocycles. The maximum absolute atomic E-state index is 12.5. The van der Waals surface area contributed by atoms with Crippen molar-refractivity contribution in [2.75, 3.05) is 55.4 Å². The summed E-state index contributed by atoms with van der Waals surface area (Å²) in [5.74, 6) is -0.0902. The van der Waals surface area contributed by atoms with Gasteiger partial charge in [-0.25, -0.2) is 0 Å². The second kappa shape index (κ2) is 9.67. The topological polar surface area (TPSA) is 38.8 Å². The smallest absolute Gasteiger partial charge is 0.255 e. The predicted molar refractivity (Wildman–Crippen MR) is 129 cm³/mol. The van der Waals surface area contributed by atoms with Gasteiger partial charge in [-0.15, -0.1) is 0 Å². The molecule has 0 atom stereocenters. The fraction of sp³-hybridized carbons (Fsp3) is 0.269. The number of hydrogen-bond donors (Lipinski definition) is 1. The Kier molecular flexibility index (Phi) is 6.53. The van der Waals surface area contributed by atoms with Crippen molar-refractivity contribution in [1.29, 1.82) is 0 Å². The zero-order valence-corrected chi connectivity index (χ0v) is 18.3. The number of nitrogens with one attached hydrogen (secondary N) is 1. The number of anilines is 3. The van der Waals surface area contributed by atoms with Crippen molar-refractivity contribution in [3.63, 3.8) is 0 Å². The van der Waals surface area contributed by atoms with E-state index in [2.05, 4.69) is 57.6 Å². The number of carbonyl (C=O) groups excluding carboxylic acids is 1. The van der Waals surface area contributed by atoms with Gasteiger partial charge in [0.05, 0.1) is 0 Å². The highest BCUT2D eigenvalue weighted by Gasteiger charge is 2.17. The highest BCUT2D eigenvalue weighted by atomic mass is 16.1. The van der Waals surface area contributed by atoms with Crippen LogP contribution < -0.4 is 15.1 Å². The van der Waals surface area contributed by atoms with Gasteiger partial charge in [0.1, 0.15) is 0 Å². The predicted octanol–water partition coefficient (Wildman–Crippen LogP) is 4.33. The third-order valence-corrected chi connectivity index (χ3v) is 5.76. The van der Waals surface area contributed by atoms with Crippen LogP contribution in [-0.2, 0) is 6.54 Å². The maximum atomic E-state index is 12.5. The minimum absolute atomic E-state index is 0.0902. The molecule has 1 heterocycles. The fourth-order valence-electron chi connectivity index (χ4n) is 3.88. The molecule has 0 aromatic heterocycles. The average molecular weight is 415 g/mol. The number of rotatable bonds is 6. The van der Waals surface area contributed by atoms with E-state index >= 15 is 0 Å². The molecule has 0 unspecified atom stereocenters. The van der Waals surface area contributed by atoms with Gasteiger partial charge < -0.3 is 15.1 Å². The molecular formula is C26H30N4O. The van der Waals surface area contributed by atoms with E-state index in [1.165, 1.54) is 11.3 Å². The number of carbonyl (C=O) groups is 1. The Hall–Kier alpha value is -3.31. The van der Waals surface area contributed by atoms with Gasteiger partial charge >= 0.3 is 0 Å². The lowest BCUT2D eigenvalue weighted by Gasteiger charge is -2.36. The summed E-state index contributed by atoms with van der Waals surface area (Å²) < 4.78 is 0. The van der Waals surface area contributed by atoms with Crippen LogP contribution in [-0.4, -0.2) is 51.1 Å². The van der Waals surface area contributed by atoms with Crippen LogP contribution in [0.4, 0.5) is 17.1 Å². The van der Waals surface area contributed by atoms with Crippen LogP contribution in [0.3, 0.4) is 0 Å². The van der Waals surface area contributed by atoms with Gasteiger partial charge in [0.2, 0.25) is 0 Å². The molecule has 31 heavy (non-hydrogen) atoms. The molecule has 160 valence electrons. The highest BCUT2D eigenvalue weighted by molar-refractivity contribution is 6.04. The quantitative estimate of drug-likeness (QED) is 0.652.